The van der Waals surface area contributed by atoms with Crippen molar-refractivity contribution < 1.29 is 14.0 Å². The van der Waals surface area contributed by atoms with Gasteiger partial charge in [-0.1, -0.05) is 0 Å². The van der Waals surface area contributed by atoms with Crippen LogP contribution >= 0.6 is 0 Å². The van der Waals surface area contributed by atoms with Crippen LogP contribution in [-0.2, 0) is 4.79 Å². The van der Waals surface area contributed by atoms with Gasteiger partial charge in [0.15, 0.2) is 0 Å². The zero-order valence-corrected chi connectivity index (χ0v) is 14.1. The predicted molar refractivity (Wildman–Crippen MR) is 90.8 cm³/mol. The normalized spacial score (nSPS) is 23.6. The number of amides is 2. The predicted octanol–water partition coefficient (Wildman–Crippen LogP) is 2.82. The van der Waals surface area contributed by atoms with E-state index in [1.54, 1.807) is 6.92 Å². The van der Waals surface area contributed by atoms with E-state index in [4.69, 9.17) is 4.42 Å². The molecule has 5 nitrogen and oxygen atoms in total. The zero-order valence-electron chi connectivity index (χ0n) is 14.1. The number of piperidine rings is 1. The van der Waals surface area contributed by atoms with Gasteiger partial charge in [-0.15, -0.1) is 0 Å². The third-order valence-electron chi connectivity index (χ3n) is 5.31. The molecule has 4 heterocycles. The summed E-state index contributed by atoms with van der Waals surface area (Å²) < 4.78 is 5.59. The number of rotatable bonds is 1. The standard InChI is InChI=1S/C19H22N2O3/c1-12-7-16-8-15(4-6-18(16)24-12)19(23)21-10-14-3-5-17(21)11-20(9-14)13(2)22/h4,6-8,14,17H,3,5,9-11H2,1-2H3/t14-,17+/m1/s1. The SMILES string of the molecule is CC(=O)N1C[C@H]2CC[C@@H](C1)N(C(=O)c1ccc3oc(C)cc3c1)C2. The Morgan fingerprint density at radius 1 is 1.12 bits per heavy atom. The lowest BCUT2D eigenvalue weighted by Crippen LogP contribution is -2.47. The van der Waals surface area contributed by atoms with Crippen molar-refractivity contribution in [3.63, 3.8) is 0 Å². The maximum atomic E-state index is 13.1. The lowest BCUT2D eigenvalue weighted by atomic mass is 9.94. The molecule has 2 aromatic rings. The van der Waals surface area contributed by atoms with Gasteiger partial charge in [-0.25, -0.2) is 0 Å². The third-order valence-corrected chi connectivity index (χ3v) is 5.31. The molecule has 1 aromatic carbocycles. The molecule has 2 amide bonds. The average molecular weight is 326 g/mol. The molecule has 126 valence electrons. The van der Waals surface area contributed by atoms with Gasteiger partial charge in [-0.2, -0.15) is 0 Å². The fourth-order valence-electron chi connectivity index (χ4n) is 4.06. The molecule has 0 unspecified atom stereocenters. The van der Waals surface area contributed by atoms with Gasteiger partial charge in [0.25, 0.3) is 5.91 Å². The van der Waals surface area contributed by atoms with Crippen molar-refractivity contribution in [1.82, 2.24) is 9.80 Å². The van der Waals surface area contributed by atoms with Gasteiger partial charge in [0, 0.05) is 43.5 Å². The monoisotopic (exact) mass is 326 g/mol. The fourth-order valence-corrected chi connectivity index (χ4v) is 4.06. The molecule has 0 N–H and O–H groups in total. The van der Waals surface area contributed by atoms with E-state index in [1.165, 1.54) is 0 Å². The van der Waals surface area contributed by atoms with Gasteiger partial charge in [-0.3, -0.25) is 9.59 Å². The summed E-state index contributed by atoms with van der Waals surface area (Å²) in [7, 11) is 0. The average Bonchev–Trinajstić information content (AvgIpc) is 2.73. The molecule has 24 heavy (non-hydrogen) atoms. The van der Waals surface area contributed by atoms with Gasteiger partial charge >= 0.3 is 0 Å². The number of fused-ring (bicyclic) bond motifs is 5. The lowest BCUT2D eigenvalue weighted by Gasteiger charge is -2.36. The number of nitrogens with zero attached hydrogens (tertiary/aromatic N) is 2. The van der Waals surface area contributed by atoms with Gasteiger partial charge in [0.2, 0.25) is 5.91 Å². The molecule has 0 radical (unpaired) electrons. The molecule has 0 saturated carbocycles. The van der Waals surface area contributed by atoms with Gasteiger partial charge in [0.1, 0.15) is 11.3 Å². The maximum absolute atomic E-state index is 13.1. The highest BCUT2D eigenvalue weighted by atomic mass is 16.3. The van der Waals surface area contributed by atoms with E-state index in [2.05, 4.69) is 0 Å². The molecule has 2 atom stereocenters. The van der Waals surface area contributed by atoms with Crippen molar-refractivity contribution in [1.29, 1.82) is 0 Å². The molecule has 5 rings (SSSR count). The van der Waals surface area contributed by atoms with E-state index in [0.29, 0.717) is 18.0 Å². The first-order valence-electron chi connectivity index (χ1n) is 8.58. The minimum Gasteiger partial charge on any atom is -0.461 e. The molecule has 2 bridgehead atoms. The van der Waals surface area contributed by atoms with Crippen molar-refractivity contribution >= 4 is 22.8 Å². The second-order valence-electron chi connectivity index (χ2n) is 7.09. The van der Waals surface area contributed by atoms with Crippen LogP contribution in [-0.4, -0.2) is 47.3 Å². The highest BCUT2D eigenvalue weighted by Crippen LogP contribution is 2.30. The first-order valence-corrected chi connectivity index (χ1v) is 8.58. The molecule has 0 aliphatic carbocycles. The molecule has 0 spiro atoms. The van der Waals surface area contributed by atoms with Crippen LogP contribution in [0.1, 0.15) is 35.9 Å². The summed E-state index contributed by atoms with van der Waals surface area (Å²) in [5, 5.41) is 0.962. The summed E-state index contributed by atoms with van der Waals surface area (Å²) >= 11 is 0. The van der Waals surface area contributed by atoms with Crippen LogP contribution in [0.4, 0.5) is 0 Å². The van der Waals surface area contributed by atoms with Crippen LogP contribution in [0.5, 0.6) is 0 Å². The Hall–Kier alpha value is -2.30. The quantitative estimate of drug-likeness (QED) is 0.810. The van der Waals surface area contributed by atoms with E-state index in [9.17, 15) is 9.59 Å². The number of carbonyl (C=O) groups excluding carboxylic acids is 2. The second kappa shape index (κ2) is 5.65. The number of hydrogen-bond donors (Lipinski definition) is 0. The summed E-state index contributed by atoms with van der Waals surface area (Å²) in [6, 6.07) is 7.71. The summed E-state index contributed by atoms with van der Waals surface area (Å²) in [6.45, 7) is 5.70. The fraction of sp³-hybridized carbons (Fsp3) is 0.474. The summed E-state index contributed by atoms with van der Waals surface area (Å²) in [5.41, 5.74) is 1.51. The van der Waals surface area contributed by atoms with Crippen molar-refractivity contribution in [2.45, 2.75) is 32.7 Å². The van der Waals surface area contributed by atoms with Gasteiger partial charge in [-0.05, 0) is 49.9 Å². The van der Waals surface area contributed by atoms with E-state index in [-0.39, 0.29) is 17.9 Å². The summed E-state index contributed by atoms with van der Waals surface area (Å²) in [6.07, 6.45) is 2.07. The minimum atomic E-state index is 0.0656. The Labute approximate surface area is 141 Å². The van der Waals surface area contributed by atoms with Crippen LogP contribution in [0, 0.1) is 12.8 Å². The molecule has 3 aliphatic rings. The van der Waals surface area contributed by atoms with Crippen molar-refractivity contribution in [2.24, 2.45) is 5.92 Å². The van der Waals surface area contributed by atoms with Crippen molar-refractivity contribution in [3.8, 4) is 0 Å². The smallest absolute Gasteiger partial charge is 0.254 e. The molecule has 5 heteroatoms. The number of furan rings is 1. The van der Waals surface area contributed by atoms with E-state index >= 15 is 0 Å². The maximum Gasteiger partial charge on any atom is 0.254 e. The van der Waals surface area contributed by atoms with E-state index in [0.717, 1.165) is 42.7 Å². The van der Waals surface area contributed by atoms with Crippen LogP contribution in [0.3, 0.4) is 0 Å². The minimum absolute atomic E-state index is 0.0656. The first-order chi connectivity index (χ1) is 11.5. The number of aryl methyl sites for hydroxylation is 1. The van der Waals surface area contributed by atoms with Gasteiger partial charge < -0.3 is 14.2 Å². The third kappa shape index (κ3) is 2.58. The van der Waals surface area contributed by atoms with Crippen LogP contribution < -0.4 is 0 Å². The topological polar surface area (TPSA) is 53.8 Å². The first kappa shape index (κ1) is 15.2. The van der Waals surface area contributed by atoms with Gasteiger partial charge in [0.05, 0.1) is 0 Å². The van der Waals surface area contributed by atoms with E-state index in [1.807, 2.05) is 41.0 Å². The molecule has 3 saturated heterocycles. The number of hydrogen-bond acceptors (Lipinski definition) is 3. The summed E-state index contributed by atoms with van der Waals surface area (Å²) in [5.74, 6) is 1.41. The second-order valence-corrected chi connectivity index (χ2v) is 7.09. The highest BCUT2D eigenvalue weighted by Gasteiger charge is 2.38. The Balaban J connectivity index is 1.62. The Bertz CT molecular complexity index is 810. The molecular formula is C19H22N2O3. The number of carbonyl (C=O) groups is 2. The van der Waals surface area contributed by atoms with Crippen LogP contribution in [0.15, 0.2) is 28.7 Å². The molecule has 1 aromatic heterocycles. The van der Waals surface area contributed by atoms with Crippen molar-refractivity contribution in [3.05, 3.63) is 35.6 Å². The highest BCUT2D eigenvalue weighted by molar-refractivity contribution is 5.98. The Morgan fingerprint density at radius 3 is 2.75 bits per heavy atom. The summed E-state index contributed by atoms with van der Waals surface area (Å²) in [4.78, 5) is 28.7. The number of benzene rings is 1. The van der Waals surface area contributed by atoms with E-state index < -0.39 is 0 Å². The molecule has 3 fully saturated rings. The molecule has 3 aliphatic heterocycles. The van der Waals surface area contributed by atoms with Crippen LogP contribution in [0.25, 0.3) is 11.0 Å². The van der Waals surface area contributed by atoms with Crippen LogP contribution in [0.2, 0.25) is 0 Å². The molecular weight excluding hydrogens is 304 g/mol. The lowest BCUT2D eigenvalue weighted by molar-refractivity contribution is -0.129. The largest absolute Gasteiger partial charge is 0.461 e. The van der Waals surface area contributed by atoms with Crippen molar-refractivity contribution in [2.75, 3.05) is 19.6 Å². The Kier molecular flexibility index (Phi) is 3.59. The zero-order chi connectivity index (χ0) is 16.8. The Morgan fingerprint density at radius 2 is 1.96 bits per heavy atom.